The number of fused-ring (bicyclic) bond motifs is 1. The molecule has 1 aliphatic heterocycles. The number of hydrogen-bond acceptors (Lipinski definition) is 3. The average Bonchev–Trinajstić information content (AvgIpc) is 3.24. The second-order valence-electron chi connectivity index (χ2n) is 7.44. The number of amides is 1. The monoisotopic (exact) mass is 402 g/mol. The van der Waals surface area contributed by atoms with E-state index < -0.39 is 20.7 Å². The summed E-state index contributed by atoms with van der Waals surface area (Å²) in [5, 5.41) is 2.97. The zero-order valence-corrected chi connectivity index (χ0v) is 16.3. The van der Waals surface area contributed by atoms with Gasteiger partial charge in [-0.3, -0.25) is 4.79 Å². The molecule has 1 heterocycles. The van der Waals surface area contributed by atoms with Crippen molar-refractivity contribution in [3.63, 3.8) is 0 Å². The molecule has 2 aromatic carbocycles. The van der Waals surface area contributed by atoms with E-state index in [1.54, 1.807) is 0 Å². The number of rotatable bonds is 4. The van der Waals surface area contributed by atoms with Gasteiger partial charge in [-0.1, -0.05) is 24.3 Å². The van der Waals surface area contributed by atoms with Gasteiger partial charge in [0, 0.05) is 24.7 Å². The number of nitrogens with zero attached hydrogens (tertiary/aromatic N) is 1. The normalized spacial score (nSPS) is 20.0. The van der Waals surface area contributed by atoms with Gasteiger partial charge < -0.3 is 5.32 Å². The Bertz CT molecular complexity index is 1000. The van der Waals surface area contributed by atoms with Gasteiger partial charge in [0.1, 0.15) is 10.7 Å². The molecule has 1 aliphatic carbocycles. The Morgan fingerprint density at radius 3 is 2.54 bits per heavy atom. The third-order valence-corrected chi connectivity index (χ3v) is 7.47. The van der Waals surface area contributed by atoms with Crippen LogP contribution in [0.5, 0.6) is 0 Å². The van der Waals surface area contributed by atoms with E-state index in [-0.39, 0.29) is 17.5 Å². The summed E-state index contributed by atoms with van der Waals surface area (Å²) in [7, 11) is -3.92. The fourth-order valence-electron chi connectivity index (χ4n) is 4.00. The highest BCUT2D eigenvalue weighted by Gasteiger charge is 2.30. The van der Waals surface area contributed by atoms with E-state index in [0.29, 0.717) is 13.1 Å². The number of carbonyl (C=O) groups is 1. The molecule has 1 N–H and O–H groups in total. The van der Waals surface area contributed by atoms with Crippen LogP contribution in [0.3, 0.4) is 0 Å². The Hall–Kier alpha value is -2.25. The van der Waals surface area contributed by atoms with Gasteiger partial charge in [0.15, 0.2) is 0 Å². The number of aryl methyl sites for hydroxylation is 1. The van der Waals surface area contributed by atoms with Crippen molar-refractivity contribution < 1.29 is 17.6 Å². The van der Waals surface area contributed by atoms with Crippen molar-refractivity contribution in [1.29, 1.82) is 0 Å². The lowest BCUT2D eigenvalue weighted by molar-refractivity contribution is 0.0933. The van der Waals surface area contributed by atoms with Crippen molar-refractivity contribution in [1.82, 2.24) is 9.62 Å². The van der Waals surface area contributed by atoms with Crippen molar-refractivity contribution >= 4 is 15.9 Å². The molecule has 1 saturated heterocycles. The summed E-state index contributed by atoms with van der Waals surface area (Å²) in [5.41, 5.74) is 2.68. The number of halogens is 1. The summed E-state index contributed by atoms with van der Waals surface area (Å²) >= 11 is 0. The molecule has 4 rings (SSSR count). The van der Waals surface area contributed by atoms with E-state index in [1.165, 1.54) is 21.5 Å². The van der Waals surface area contributed by atoms with E-state index in [2.05, 4.69) is 17.4 Å². The SMILES string of the molecule is O=C(NC1CCc2ccccc2C1)c1ccc(F)c(S(=O)(=O)N2CCCC2)c1. The zero-order valence-electron chi connectivity index (χ0n) is 15.5. The van der Waals surface area contributed by atoms with Gasteiger partial charge in [-0.05, 0) is 61.4 Å². The van der Waals surface area contributed by atoms with E-state index >= 15 is 0 Å². The number of carbonyl (C=O) groups excluding carboxylic acids is 1. The van der Waals surface area contributed by atoms with Gasteiger partial charge in [-0.2, -0.15) is 4.31 Å². The molecule has 1 amide bonds. The van der Waals surface area contributed by atoms with Gasteiger partial charge in [0.05, 0.1) is 0 Å². The molecule has 0 saturated carbocycles. The Labute approximate surface area is 164 Å². The van der Waals surface area contributed by atoms with Gasteiger partial charge >= 0.3 is 0 Å². The summed E-state index contributed by atoms with van der Waals surface area (Å²) < 4.78 is 41.0. The summed E-state index contributed by atoms with van der Waals surface area (Å²) in [6, 6.07) is 11.7. The molecule has 2 aliphatic rings. The molecule has 0 spiro atoms. The predicted octanol–water partition coefficient (Wildman–Crippen LogP) is 2.90. The molecule has 28 heavy (non-hydrogen) atoms. The number of sulfonamides is 1. The first-order valence-electron chi connectivity index (χ1n) is 9.62. The molecule has 0 aromatic heterocycles. The first-order chi connectivity index (χ1) is 13.4. The molecule has 148 valence electrons. The Kier molecular flexibility index (Phi) is 5.21. The lowest BCUT2D eigenvalue weighted by atomic mass is 9.88. The molecule has 1 unspecified atom stereocenters. The minimum Gasteiger partial charge on any atom is -0.349 e. The first kappa shape index (κ1) is 19.1. The lowest BCUT2D eigenvalue weighted by Crippen LogP contribution is -2.39. The van der Waals surface area contributed by atoms with Crippen LogP contribution >= 0.6 is 0 Å². The van der Waals surface area contributed by atoms with Crippen molar-refractivity contribution in [2.24, 2.45) is 0 Å². The highest BCUT2D eigenvalue weighted by atomic mass is 32.2. The van der Waals surface area contributed by atoms with Gasteiger partial charge in [0.2, 0.25) is 10.0 Å². The van der Waals surface area contributed by atoms with Crippen LogP contribution in [0.15, 0.2) is 47.4 Å². The Morgan fingerprint density at radius 1 is 1.07 bits per heavy atom. The summed E-state index contributed by atoms with van der Waals surface area (Å²) in [5.74, 6) is -1.20. The zero-order chi connectivity index (χ0) is 19.7. The topological polar surface area (TPSA) is 66.5 Å². The van der Waals surface area contributed by atoms with Crippen molar-refractivity contribution in [2.75, 3.05) is 13.1 Å². The van der Waals surface area contributed by atoms with E-state index in [0.717, 1.165) is 44.2 Å². The van der Waals surface area contributed by atoms with Crippen molar-refractivity contribution in [3.8, 4) is 0 Å². The number of nitrogens with one attached hydrogen (secondary N) is 1. The van der Waals surface area contributed by atoms with Crippen molar-refractivity contribution in [2.45, 2.75) is 43.0 Å². The van der Waals surface area contributed by atoms with Gasteiger partial charge in [0.25, 0.3) is 5.91 Å². The third-order valence-electron chi connectivity index (χ3n) is 5.56. The van der Waals surface area contributed by atoms with E-state index in [1.807, 2.05) is 12.1 Å². The van der Waals surface area contributed by atoms with E-state index in [9.17, 15) is 17.6 Å². The molecule has 7 heteroatoms. The summed E-state index contributed by atoms with van der Waals surface area (Å²) in [6.45, 7) is 0.777. The fraction of sp³-hybridized carbons (Fsp3) is 0.381. The average molecular weight is 402 g/mol. The lowest BCUT2D eigenvalue weighted by Gasteiger charge is -2.25. The predicted molar refractivity (Wildman–Crippen MR) is 104 cm³/mol. The minimum absolute atomic E-state index is 0.0221. The molecular formula is C21H23FN2O3S. The van der Waals surface area contributed by atoms with Crippen LogP contribution in [0.2, 0.25) is 0 Å². The van der Waals surface area contributed by atoms with Crippen molar-refractivity contribution in [3.05, 3.63) is 65.0 Å². The highest BCUT2D eigenvalue weighted by Crippen LogP contribution is 2.25. The Morgan fingerprint density at radius 2 is 1.79 bits per heavy atom. The quantitative estimate of drug-likeness (QED) is 0.855. The molecule has 1 atom stereocenters. The molecule has 0 bridgehead atoms. The van der Waals surface area contributed by atoms with Gasteiger partial charge in [-0.25, -0.2) is 12.8 Å². The van der Waals surface area contributed by atoms with E-state index in [4.69, 9.17) is 0 Å². The smallest absolute Gasteiger partial charge is 0.251 e. The first-order valence-corrected chi connectivity index (χ1v) is 11.1. The van der Waals surface area contributed by atoms with Crippen LogP contribution < -0.4 is 5.32 Å². The maximum absolute atomic E-state index is 14.3. The van der Waals surface area contributed by atoms with Crippen LogP contribution in [-0.4, -0.2) is 37.8 Å². The second kappa shape index (κ2) is 7.64. The minimum atomic E-state index is -3.92. The molecule has 0 radical (unpaired) electrons. The molecule has 1 fully saturated rings. The molecule has 5 nitrogen and oxygen atoms in total. The maximum atomic E-state index is 14.3. The maximum Gasteiger partial charge on any atom is 0.251 e. The molecular weight excluding hydrogens is 379 g/mol. The van der Waals surface area contributed by atoms with Crippen LogP contribution in [0.1, 0.15) is 40.7 Å². The Balaban J connectivity index is 1.52. The molecule has 2 aromatic rings. The summed E-state index contributed by atoms with van der Waals surface area (Å²) in [6.07, 6.45) is 3.98. The summed E-state index contributed by atoms with van der Waals surface area (Å²) in [4.78, 5) is 12.3. The van der Waals surface area contributed by atoms with Crippen LogP contribution in [-0.2, 0) is 22.9 Å². The van der Waals surface area contributed by atoms with Crippen LogP contribution in [0.25, 0.3) is 0 Å². The third kappa shape index (κ3) is 3.69. The largest absolute Gasteiger partial charge is 0.349 e. The van der Waals surface area contributed by atoms with Crippen LogP contribution in [0.4, 0.5) is 4.39 Å². The standard InChI is InChI=1S/C21H23FN2O3S/c22-19-10-8-17(14-20(19)28(26,27)24-11-3-4-12-24)21(25)23-18-9-7-15-5-1-2-6-16(15)13-18/h1-2,5-6,8,10,14,18H,3-4,7,9,11-13H2,(H,23,25). The van der Waals surface area contributed by atoms with Gasteiger partial charge in [-0.15, -0.1) is 0 Å². The number of benzene rings is 2. The second-order valence-corrected chi connectivity index (χ2v) is 9.34. The fourth-order valence-corrected chi connectivity index (χ4v) is 5.61. The number of hydrogen-bond donors (Lipinski definition) is 1. The highest BCUT2D eigenvalue weighted by molar-refractivity contribution is 7.89. The van der Waals surface area contributed by atoms with Crippen LogP contribution in [0, 0.1) is 5.82 Å².